The first-order chi connectivity index (χ1) is 5.43. The highest BCUT2D eigenvalue weighted by atomic mass is 15.2. The number of nitrogens with two attached hydrogens (primary N) is 1. The van der Waals surface area contributed by atoms with E-state index in [0.29, 0.717) is 6.17 Å². The fraction of sp³-hybridized carbons (Fsp3) is 1.00. The van der Waals surface area contributed by atoms with E-state index in [-0.39, 0.29) is 0 Å². The van der Waals surface area contributed by atoms with E-state index in [1.165, 1.54) is 0 Å². The lowest BCUT2D eigenvalue weighted by molar-refractivity contribution is 0.360. The lowest BCUT2D eigenvalue weighted by atomic mass is 10.3. The molecular formula is C7H18N4. The van der Waals surface area contributed by atoms with Gasteiger partial charge in [-0.2, -0.15) is 0 Å². The number of hydrogen-bond acceptors (Lipinski definition) is 4. The third-order valence-electron chi connectivity index (χ3n) is 1.81. The average Bonchev–Trinajstić information content (AvgIpc) is 2.07. The smallest absolute Gasteiger partial charge is 0.0700 e. The van der Waals surface area contributed by atoms with E-state index < -0.39 is 0 Å². The molecule has 0 saturated carbocycles. The van der Waals surface area contributed by atoms with Crippen molar-refractivity contribution in [1.82, 2.24) is 16.0 Å². The predicted octanol–water partition coefficient (Wildman–Crippen LogP) is -1.56. The van der Waals surface area contributed by atoms with Crippen LogP contribution < -0.4 is 21.7 Å². The standard InChI is InChI=1S/C7H18N4/c8-2-1-3-10-7-6-9-4-5-11-7/h7,9-11H,1-6,8H2. The molecule has 0 aliphatic carbocycles. The summed E-state index contributed by atoms with van der Waals surface area (Å²) < 4.78 is 0. The summed E-state index contributed by atoms with van der Waals surface area (Å²) in [6.45, 7) is 4.93. The van der Waals surface area contributed by atoms with Gasteiger partial charge in [-0.1, -0.05) is 0 Å². The van der Waals surface area contributed by atoms with Crippen molar-refractivity contribution < 1.29 is 0 Å². The first kappa shape index (κ1) is 8.93. The molecule has 4 heteroatoms. The molecule has 1 unspecified atom stereocenters. The fourth-order valence-electron chi connectivity index (χ4n) is 1.18. The molecule has 1 rings (SSSR count). The SMILES string of the molecule is NCCCNC1CNCCN1. The Morgan fingerprint density at radius 2 is 2.36 bits per heavy atom. The minimum Gasteiger partial charge on any atom is -0.330 e. The molecule has 1 aliphatic rings. The maximum absolute atomic E-state index is 5.37. The number of piperazine rings is 1. The van der Waals surface area contributed by atoms with Crippen LogP contribution in [0.1, 0.15) is 6.42 Å². The zero-order chi connectivity index (χ0) is 7.94. The van der Waals surface area contributed by atoms with Crippen LogP contribution >= 0.6 is 0 Å². The van der Waals surface area contributed by atoms with E-state index >= 15 is 0 Å². The van der Waals surface area contributed by atoms with E-state index in [9.17, 15) is 0 Å². The molecule has 0 bridgehead atoms. The monoisotopic (exact) mass is 158 g/mol. The summed E-state index contributed by atoms with van der Waals surface area (Å²) in [7, 11) is 0. The van der Waals surface area contributed by atoms with Crippen LogP contribution in [-0.4, -0.2) is 38.9 Å². The molecule has 0 spiro atoms. The summed E-state index contributed by atoms with van der Waals surface area (Å²) >= 11 is 0. The highest BCUT2D eigenvalue weighted by molar-refractivity contribution is 4.72. The van der Waals surface area contributed by atoms with Crippen molar-refractivity contribution in [3.63, 3.8) is 0 Å². The molecule has 1 atom stereocenters. The summed E-state index contributed by atoms with van der Waals surface area (Å²) in [5.74, 6) is 0. The van der Waals surface area contributed by atoms with Gasteiger partial charge < -0.3 is 16.4 Å². The molecule has 0 aromatic carbocycles. The Morgan fingerprint density at radius 1 is 1.45 bits per heavy atom. The molecule has 1 saturated heterocycles. The second kappa shape index (κ2) is 5.49. The lowest BCUT2D eigenvalue weighted by Gasteiger charge is -2.25. The van der Waals surface area contributed by atoms with Crippen molar-refractivity contribution in [2.45, 2.75) is 12.6 Å². The quantitative estimate of drug-likeness (QED) is 0.374. The Labute approximate surface area is 67.9 Å². The molecule has 0 aromatic rings. The minimum atomic E-state index is 0.440. The van der Waals surface area contributed by atoms with Gasteiger partial charge in [0.15, 0.2) is 0 Å². The van der Waals surface area contributed by atoms with Gasteiger partial charge >= 0.3 is 0 Å². The van der Waals surface area contributed by atoms with Gasteiger partial charge in [0.2, 0.25) is 0 Å². The summed E-state index contributed by atoms with van der Waals surface area (Å²) in [4.78, 5) is 0. The normalized spacial score (nSPS) is 25.4. The first-order valence-corrected chi connectivity index (χ1v) is 4.31. The van der Waals surface area contributed by atoms with Crippen LogP contribution in [0.3, 0.4) is 0 Å². The Kier molecular flexibility index (Phi) is 4.45. The van der Waals surface area contributed by atoms with Crippen LogP contribution in [0.5, 0.6) is 0 Å². The van der Waals surface area contributed by atoms with Gasteiger partial charge in [0.1, 0.15) is 0 Å². The summed E-state index contributed by atoms with van der Waals surface area (Å²) in [5, 5.41) is 10.0. The van der Waals surface area contributed by atoms with Gasteiger partial charge in [0.05, 0.1) is 6.17 Å². The van der Waals surface area contributed by atoms with E-state index in [2.05, 4.69) is 16.0 Å². The Morgan fingerprint density at radius 3 is 3.00 bits per heavy atom. The van der Waals surface area contributed by atoms with Crippen LogP contribution in [0.25, 0.3) is 0 Å². The number of rotatable bonds is 4. The van der Waals surface area contributed by atoms with Crippen molar-refractivity contribution in [2.24, 2.45) is 5.73 Å². The van der Waals surface area contributed by atoms with Crippen LogP contribution in [0.15, 0.2) is 0 Å². The van der Waals surface area contributed by atoms with Crippen molar-refractivity contribution >= 4 is 0 Å². The molecule has 1 heterocycles. The van der Waals surface area contributed by atoms with E-state index in [4.69, 9.17) is 5.73 Å². The van der Waals surface area contributed by atoms with Crippen LogP contribution in [-0.2, 0) is 0 Å². The molecule has 0 amide bonds. The predicted molar refractivity (Wildman–Crippen MR) is 46.3 cm³/mol. The summed E-state index contributed by atoms with van der Waals surface area (Å²) in [5.41, 5.74) is 5.37. The van der Waals surface area contributed by atoms with Crippen molar-refractivity contribution in [3.05, 3.63) is 0 Å². The van der Waals surface area contributed by atoms with Gasteiger partial charge in [-0.15, -0.1) is 0 Å². The van der Waals surface area contributed by atoms with E-state index in [1.54, 1.807) is 0 Å². The van der Waals surface area contributed by atoms with Gasteiger partial charge in [-0.3, -0.25) is 5.32 Å². The Bertz CT molecular complexity index is 90.4. The fourth-order valence-corrected chi connectivity index (χ4v) is 1.18. The summed E-state index contributed by atoms with van der Waals surface area (Å²) in [6.07, 6.45) is 1.49. The highest BCUT2D eigenvalue weighted by Gasteiger charge is 2.09. The Balaban J connectivity index is 1.96. The highest BCUT2D eigenvalue weighted by Crippen LogP contribution is 1.82. The number of nitrogens with one attached hydrogen (secondary N) is 3. The van der Waals surface area contributed by atoms with Crippen LogP contribution in [0, 0.1) is 0 Å². The lowest BCUT2D eigenvalue weighted by Crippen LogP contribution is -2.55. The summed E-state index contributed by atoms with van der Waals surface area (Å²) in [6, 6.07) is 0. The first-order valence-electron chi connectivity index (χ1n) is 4.31. The third kappa shape index (κ3) is 3.67. The van der Waals surface area contributed by atoms with Crippen LogP contribution in [0.2, 0.25) is 0 Å². The molecule has 4 nitrogen and oxygen atoms in total. The van der Waals surface area contributed by atoms with E-state index in [1.807, 2.05) is 0 Å². The number of hydrogen-bond donors (Lipinski definition) is 4. The van der Waals surface area contributed by atoms with Crippen molar-refractivity contribution in [1.29, 1.82) is 0 Å². The molecule has 0 aromatic heterocycles. The van der Waals surface area contributed by atoms with Gasteiger partial charge in [0, 0.05) is 19.6 Å². The minimum absolute atomic E-state index is 0.440. The van der Waals surface area contributed by atoms with Gasteiger partial charge in [-0.25, -0.2) is 0 Å². The van der Waals surface area contributed by atoms with Gasteiger partial charge in [0.25, 0.3) is 0 Å². The van der Waals surface area contributed by atoms with E-state index in [0.717, 1.165) is 39.1 Å². The zero-order valence-electron chi connectivity index (χ0n) is 6.90. The third-order valence-corrected chi connectivity index (χ3v) is 1.81. The molecular weight excluding hydrogens is 140 g/mol. The van der Waals surface area contributed by atoms with Gasteiger partial charge in [-0.05, 0) is 19.5 Å². The zero-order valence-corrected chi connectivity index (χ0v) is 6.90. The topological polar surface area (TPSA) is 62.1 Å². The molecule has 5 N–H and O–H groups in total. The molecule has 66 valence electrons. The Hall–Kier alpha value is -0.160. The van der Waals surface area contributed by atoms with Crippen LogP contribution in [0.4, 0.5) is 0 Å². The average molecular weight is 158 g/mol. The molecule has 0 radical (unpaired) electrons. The van der Waals surface area contributed by atoms with Crippen molar-refractivity contribution in [3.8, 4) is 0 Å². The molecule has 11 heavy (non-hydrogen) atoms. The molecule has 1 aliphatic heterocycles. The second-order valence-corrected chi connectivity index (χ2v) is 2.81. The largest absolute Gasteiger partial charge is 0.330 e. The molecule has 1 fully saturated rings. The van der Waals surface area contributed by atoms with Crippen molar-refractivity contribution in [2.75, 3.05) is 32.7 Å². The maximum Gasteiger partial charge on any atom is 0.0700 e. The second-order valence-electron chi connectivity index (χ2n) is 2.81. The maximum atomic E-state index is 5.37.